The Balaban J connectivity index is 2.19. The van der Waals surface area contributed by atoms with Gasteiger partial charge in [-0.3, -0.25) is 4.98 Å². The Labute approximate surface area is 96.7 Å². The molecule has 0 bridgehead atoms. The van der Waals surface area contributed by atoms with Crippen LogP contribution < -0.4 is 4.90 Å². The maximum absolute atomic E-state index is 9.08. The summed E-state index contributed by atoms with van der Waals surface area (Å²) in [5, 5.41) is 9.08. The van der Waals surface area contributed by atoms with E-state index in [4.69, 9.17) is 5.26 Å². The molecule has 0 N–H and O–H groups in total. The minimum Gasteiger partial charge on any atom is -0.369 e. The molecule has 1 aromatic rings. The molecule has 16 heavy (non-hydrogen) atoms. The first-order chi connectivity index (χ1) is 7.85. The Kier molecular flexibility index (Phi) is 3.40. The zero-order chi connectivity index (χ0) is 11.4. The van der Waals surface area contributed by atoms with Crippen LogP contribution in [0.3, 0.4) is 0 Å². The molecule has 1 saturated carbocycles. The van der Waals surface area contributed by atoms with Crippen LogP contribution in [0, 0.1) is 17.2 Å². The molecule has 0 aromatic carbocycles. The number of nitrogens with zero attached hydrogens (tertiary/aromatic N) is 3. The van der Waals surface area contributed by atoms with E-state index in [1.807, 2.05) is 6.20 Å². The third-order valence-corrected chi connectivity index (χ3v) is 2.93. The summed E-state index contributed by atoms with van der Waals surface area (Å²) in [6, 6.07) is 4.04. The van der Waals surface area contributed by atoms with Gasteiger partial charge in [-0.05, 0) is 31.2 Å². The smallest absolute Gasteiger partial charge is 0.101 e. The SMILES string of the molecule is CCCN(CC1CC1)c1cnccc1C#N. The summed E-state index contributed by atoms with van der Waals surface area (Å²) < 4.78 is 0. The van der Waals surface area contributed by atoms with Crippen molar-refractivity contribution in [2.75, 3.05) is 18.0 Å². The van der Waals surface area contributed by atoms with Crippen molar-refractivity contribution in [3.63, 3.8) is 0 Å². The standard InChI is InChI=1S/C13H17N3/c1-2-7-16(10-11-3-4-11)13-9-15-6-5-12(13)8-14/h5-6,9,11H,2-4,7,10H2,1H3. The lowest BCUT2D eigenvalue weighted by molar-refractivity contribution is 0.706. The van der Waals surface area contributed by atoms with Crippen molar-refractivity contribution in [2.45, 2.75) is 26.2 Å². The van der Waals surface area contributed by atoms with E-state index >= 15 is 0 Å². The van der Waals surface area contributed by atoms with Gasteiger partial charge in [-0.1, -0.05) is 6.92 Å². The van der Waals surface area contributed by atoms with Gasteiger partial charge in [0, 0.05) is 19.3 Å². The number of anilines is 1. The van der Waals surface area contributed by atoms with Gasteiger partial charge in [0.15, 0.2) is 0 Å². The van der Waals surface area contributed by atoms with E-state index in [1.165, 1.54) is 12.8 Å². The molecule has 0 radical (unpaired) electrons. The van der Waals surface area contributed by atoms with Gasteiger partial charge in [0.05, 0.1) is 17.4 Å². The average Bonchev–Trinajstić information content (AvgIpc) is 3.12. The largest absolute Gasteiger partial charge is 0.369 e. The fourth-order valence-corrected chi connectivity index (χ4v) is 1.92. The van der Waals surface area contributed by atoms with Crippen LogP contribution in [0.5, 0.6) is 0 Å². The molecule has 1 aromatic heterocycles. The van der Waals surface area contributed by atoms with Crippen LogP contribution in [0.4, 0.5) is 5.69 Å². The molecular weight excluding hydrogens is 198 g/mol. The highest BCUT2D eigenvalue weighted by molar-refractivity contribution is 5.57. The van der Waals surface area contributed by atoms with Crippen LogP contribution >= 0.6 is 0 Å². The van der Waals surface area contributed by atoms with Crippen molar-refractivity contribution < 1.29 is 0 Å². The monoisotopic (exact) mass is 215 g/mol. The fraction of sp³-hybridized carbons (Fsp3) is 0.538. The van der Waals surface area contributed by atoms with Crippen molar-refractivity contribution in [3.05, 3.63) is 24.0 Å². The first-order valence-corrected chi connectivity index (χ1v) is 5.94. The molecule has 0 unspecified atom stereocenters. The normalized spacial score (nSPS) is 14.5. The summed E-state index contributed by atoms with van der Waals surface area (Å²) in [7, 11) is 0. The second-order valence-electron chi connectivity index (χ2n) is 4.39. The second kappa shape index (κ2) is 4.98. The van der Waals surface area contributed by atoms with E-state index in [1.54, 1.807) is 12.3 Å². The molecule has 84 valence electrons. The summed E-state index contributed by atoms with van der Waals surface area (Å²) in [6.45, 7) is 4.26. The van der Waals surface area contributed by atoms with Crippen LogP contribution in [-0.2, 0) is 0 Å². The lowest BCUT2D eigenvalue weighted by atomic mass is 10.2. The average molecular weight is 215 g/mol. The molecule has 0 atom stereocenters. The van der Waals surface area contributed by atoms with Crippen molar-refractivity contribution >= 4 is 5.69 Å². The molecule has 0 spiro atoms. The first kappa shape index (κ1) is 10.9. The van der Waals surface area contributed by atoms with Crippen LogP contribution in [-0.4, -0.2) is 18.1 Å². The molecule has 0 saturated heterocycles. The zero-order valence-electron chi connectivity index (χ0n) is 9.69. The highest BCUT2D eigenvalue weighted by Gasteiger charge is 2.25. The number of hydrogen-bond acceptors (Lipinski definition) is 3. The number of hydrogen-bond donors (Lipinski definition) is 0. The van der Waals surface area contributed by atoms with Gasteiger partial charge in [0.25, 0.3) is 0 Å². The van der Waals surface area contributed by atoms with Crippen LogP contribution in [0.1, 0.15) is 31.7 Å². The van der Waals surface area contributed by atoms with Gasteiger partial charge in [0.1, 0.15) is 6.07 Å². The molecule has 1 heterocycles. The molecule has 3 nitrogen and oxygen atoms in total. The van der Waals surface area contributed by atoms with Gasteiger partial charge in [-0.2, -0.15) is 5.26 Å². The van der Waals surface area contributed by atoms with E-state index in [0.717, 1.165) is 36.7 Å². The Hall–Kier alpha value is -1.56. The van der Waals surface area contributed by atoms with E-state index in [0.29, 0.717) is 0 Å². The van der Waals surface area contributed by atoms with E-state index in [9.17, 15) is 0 Å². The molecule has 0 amide bonds. The summed E-state index contributed by atoms with van der Waals surface area (Å²) >= 11 is 0. The predicted molar refractivity (Wildman–Crippen MR) is 64.2 cm³/mol. The highest BCUT2D eigenvalue weighted by atomic mass is 15.1. The Morgan fingerprint density at radius 2 is 2.38 bits per heavy atom. The summed E-state index contributed by atoms with van der Waals surface area (Å²) in [5.74, 6) is 0.832. The van der Waals surface area contributed by atoms with Gasteiger partial charge < -0.3 is 4.90 Å². The van der Waals surface area contributed by atoms with Gasteiger partial charge in [0.2, 0.25) is 0 Å². The topological polar surface area (TPSA) is 39.9 Å². The molecular formula is C13H17N3. The number of nitriles is 1. The predicted octanol–water partition coefficient (Wildman–Crippen LogP) is 2.58. The second-order valence-corrected chi connectivity index (χ2v) is 4.39. The molecule has 1 aliphatic carbocycles. The minimum absolute atomic E-state index is 0.740. The summed E-state index contributed by atoms with van der Waals surface area (Å²) in [5.41, 5.74) is 1.74. The zero-order valence-corrected chi connectivity index (χ0v) is 9.69. The van der Waals surface area contributed by atoms with Gasteiger partial charge >= 0.3 is 0 Å². The lowest BCUT2D eigenvalue weighted by Gasteiger charge is -2.24. The van der Waals surface area contributed by atoms with Crippen molar-refractivity contribution in [2.24, 2.45) is 5.92 Å². The Morgan fingerprint density at radius 3 is 3.00 bits per heavy atom. The molecule has 0 aliphatic heterocycles. The molecule has 2 rings (SSSR count). The van der Waals surface area contributed by atoms with E-state index < -0.39 is 0 Å². The van der Waals surface area contributed by atoms with Crippen molar-refractivity contribution in [1.29, 1.82) is 5.26 Å². The Bertz CT molecular complexity index is 390. The van der Waals surface area contributed by atoms with E-state index in [-0.39, 0.29) is 0 Å². The molecule has 1 fully saturated rings. The van der Waals surface area contributed by atoms with Gasteiger partial charge in [-0.25, -0.2) is 0 Å². The maximum atomic E-state index is 9.08. The van der Waals surface area contributed by atoms with Crippen molar-refractivity contribution in [3.8, 4) is 6.07 Å². The van der Waals surface area contributed by atoms with Crippen LogP contribution in [0.2, 0.25) is 0 Å². The van der Waals surface area contributed by atoms with Crippen molar-refractivity contribution in [1.82, 2.24) is 4.98 Å². The highest BCUT2D eigenvalue weighted by Crippen LogP contribution is 2.32. The summed E-state index contributed by atoms with van der Waals surface area (Å²) in [6.07, 6.45) is 7.27. The number of rotatable bonds is 5. The fourth-order valence-electron chi connectivity index (χ4n) is 1.92. The quantitative estimate of drug-likeness (QED) is 0.758. The summed E-state index contributed by atoms with van der Waals surface area (Å²) in [4.78, 5) is 6.44. The minimum atomic E-state index is 0.740. The molecule has 1 aliphatic rings. The number of pyridine rings is 1. The first-order valence-electron chi connectivity index (χ1n) is 5.94. The lowest BCUT2D eigenvalue weighted by Crippen LogP contribution is -2.27. The van der Waals surface area contributed by atoms with Crippen LogP contribution in [0.25, 0.3) is 0 Å². The van der Waals surface area contributed by atoms with Gasteiger partial charge in [-0.15, -0.1) is 0 Å². The third kappa shape index (κ3) is 2.52. The number of aromatic nitrogens is 1. The third-order valence-electron chi connectivity index (χ3n) is 2.93. The van der Waals surface area contributed by atoms with E-state index in [2.05, 4.69) is 22.9 Å². The van der Waals surface area contributed by atoms with Crippen LogP contribution in [0.15, 0.2) is 18.5 Å². The maximum Gasteiger partial charge on any atom is 0.101 e. The molecule has 3 heteroatoms. The Morgan fingerprint density at radius 1 is 1.56 bits per heavy atom.